The van der Waals surface area contributed by atoms with Gasteiger partial charge in [0, 0.05) is 12.1 Å². The Morgan fingerprint density at radius 2 is 1.17 bits per heavy atom. The molecule has 4 aliphatic rings. The minimum absolute atomic E-state index is 0.773. The molecule has 138 valence electrons. The van der Waals surface area contributed by atoms with Crippen LogP contribution in [-0.4, -0.2) is 12.1 Å². The van der Waals surface area contributed by atoms with Crippen molar-refractivity contribution in [2.24, 2.45) is 29.6 Å². The maximum atomic E-state index is 3.98. The molecule has 1 heteroatoms. The van der Waals surface area contributed by atoms with Crippen molar-refractivity contribution < 1.29 is 0 Å². The van der Waals surface area contributed by atoms with Gasteiger partial charge in [0.05, 0.1) is 0 Å². The summed E-state index contributed by atoms with van der Waals surface area (Å²) in [6.45, 7) is 2.41. The molecule has 0 radical (unpaired) electrons. The van der Waals surface area contributed by atoms with E-state index in [1.54, 1.807) is 32.1 Å². The highest BCUT2D eigenvalue weighted by atomic mass is 15.0. The van der Waals surface area contributed by atoms with Crippen LogP contribution in [0.1, 0.15) is 103 Å². The summed E-state index contributed by atoms with van der Waals surface area (Å²) < 4.78 is 0. The number of fused-ring (bicyclic) bond motifs is 2. The first-order chi connectivity index (χ1) is 11.8. The molecule has 1 aliphatic heterocycles. The van der Waals surface area contributed by atoms with Gasteiger partial charge in [-0.2, -0.15) is 0 Å². The quantitative estimate of drug-likeness (QED) is 0.593. The Morgan fingerprint density at radius 1 is 0.542 bits per heavy atom. The van der Waals surface area contributed by atoms with Gasteiger partial charge in [0.25, 0.3) is 0 Å². The van der Waals surface area contributed by atoms with E-state index < -0.39 is 0 Å². The van der Waals surface area contributed by atoms with Crippen molar-refractivity contribution in [3.63, 3.8) is 0 Å². The van der Waals surface area contributed by atoms with Crippen molar-refractivity contribution in [1.82, 2.24) is 5.32 Å². The fourth-order valence-corrected chi connectivity index (χ4v) is 7.19. The molecule has 1 N–H and O–H groups in total. The average Bonchev–Trinajstić information content (AvgIpc) is 3.00. The standard InChI is InChI=1S/C23H41N/c1-17-10-11-19-12-13-20(16-23(19)24-17)22-15-14-18-8-6-4-2-3-5-7-9-21(18)22/h17-24H,2-16H2,1H3. The Kier molecular flexibility index (Phi) is 5.87. The summed E-state index contributed by atoms with van der Waals surface area (Å²) in [5.74, 6) is 5.37. The molecule has 0 aromatic heterocycles. The Bertz CT molecular complexity index is 391. The topological polar surface area (TPSA) is 12.0 Å². The Morgan fingerprint density at radius 3 is 2.04 bits per heavy atom. The molecule has 0 aromatic carbocycles. The molecular weight excluding hydrogens is 290 g/mol. The van der Waals surface area contributed by atoms with Crippen LogP contribution in [0.25, 0.3) is 0 Å². The summed E-state index contributed by atoms with van der Waals surface area (Å²) >= 11 is 0. The van der Waals surface area contributed by atoms with E-state index in [-0.39, 0.29) is 0 Å². The van der Waals surface area contributed by atoms with E-state index >= 15 is 0 Å². The van der Waals surface area contributed by atoms with E-state index in [9.17, 15) is 0 Å². The lowest BCUT2D eigenvalue weighted by molar-refractivity contribution is 0.0913. The van der Waals surface area contributed by atoms with E-state index in [0.717, 1.165) is 41.7 Å². The Balaban J connectivity index is 1.39. The molecule has 24 heavy (non-hydrogen) atoms. The van der Waals surface area contributed by atoms with Crippen LogP contribution >= 0.6 is 0 Å². The predicted octanol–water partition coefficient (Wildman–Crippen LogP) is 6.32. The van der Waals surface area contributed by atoms with Crippen molar-refractivity contribution in [2.75, 3.05) is 0 Å². The molecule has 3 saturated carbocycles. The van der Waals surface area contributed by atoms with E-state index in [1.807, 2.05) is 0 Å². The van der Waals surface area contributed by atoms with Gasteiger partial charge in [-0.25, -0.2) is 0 Å². The minimum atomic E-state index is 0.773. The molecule has 1 saturated heterocycles. The highest BCUT2D eigenvalue weighted by Gasteiger charge is 2.43. The van der Waals surface area contributed by atoms with Crippen molar-refractivity contribution in [2.45, 2.75) is 115 Å². The van der Waals surface area contributed by atoms with E-state index in [0.29, 0.717) is 0 Å². The number of hydrogen-bond donors (Lipinski definition) is 1. The highest BCUT2D eigenvalue weighted by Crippen LogP contribution is 2.51. The smallest absolute Gasteiger partial charge is 0.0101 e. The van der Waals surface area contributed by atoms with Crippen LogP contribution in [0, 0.1) is 29.6 Å². The third-order valence-electron chi connectivity index (χ3n) is 8.50. The van der Waals surface area contributed by atoms with E-state index in [2.05, 4.69) is 12.2 Å². The summed E-state index contributed by atoms with van der Waals surface area (Å²) in [7, 11) is 0. The van der Waals surface area contributed by atoms with Gasteiger partial charge in [0.1, 0.15) is 0 Å². The number of nitrogens with one attached hydrogen (secondary N) is 1. The zero-order chi connectivity index (χ0) is 16.4. The molecule has 7 atom stereocenters. The van der Waals surface area contributed by atoms with Crippen molar-refractivity contribution in [3.05, 3.63) is 0 Å². The van der Waals surface area contributed by atoms with Gasteiger partial charge in [-0.15, -0.1) is 0 Å². The third-order valence-corrected chi connectivity index (χ3v) is 8.50. The maximum absolute atomic E-state index is 3.98. The van der Waals surface area contributed by atoms with Crippen LogP contribution in [-0.2, 0) is 0 Å². The first kappa shape index (κ1) is 17.4. The van der Waals surface area contributed by atoms with Gasteiger partial charge in [-0.05, 0) is 87.9 Å². The van der Waals surface area contributed by atoms with Crippen LogP contribution in [0.5, 0.6) is 0 Å². The van der Waals surface area contributed by atoms with Crippen molar-refractivity contribution in [1.29, 1.82) is 0 Å². The molecule has 0 aromatic rings. The Hall–Kier alpha value is -0.0400. The molecule has 3 aliphatic carbocycles. The maximum Gasteiger partial charge on any atom is 0.0101 e. The van der Waals surface area contributed by atoms with Gasteiger partial charge >= 0.3 is 0 Å². The van der Waals surface area contributed by atoms with E-state index in [1.165, 1.54) is 64.2 Å². The molecule has 1 heterocycles. The molecule has 1 nitrogen and oxygen atoms in total. The molecule has 0 bridgehead atoms. The lowest BCUT2D eigenvalue weighted by Gasteiger charge is -2.45. The molecule has 4 fully saturated rings. The first-order valence-electron chi connectivity index (χ1n) is 11.6. The van der Waals surface area contributed by atoms with Crippen molar-refractivity contribution >= 4 is 0 Å². The van der Waals surface area contributed by atoms with Gasteiger partial charge in [-0.1, -0.05) is 44.9 Å². The first-order valence-corrected chi connectivity index (χ1v) is 11.6. The molecule has 0 amide bonds. The monoisotopic (exact) mass is 331 g/mol. The van der Waals surface area contributed by atoms with E-state index in [4.69, 9.17) is 0 Å². The van der Waals surface area contributed by atoms with Crippen LogP contribution in [0.4, 0.5) is 0 Å². The van der Waals surface area contributed by atoms with Crippen LogP contribution in [0.2, 0.25) is 0 Å². The fraction of sp³-hybridized carbons (Fsp3) is 1.00. The molecule has 4 rings (SSSR count). The summed E-state index contributed by atoms with van der Waals surface area (Å²) in [4.78, 5) is 0. The third kappa shape index (κ3) is 3.87. The van der Waals surface area contributed by atoms with Gasteiger partial charge in [0.15, 0.2) is 0 Å². The van der Waals surface area contributed by atoms with Crippen LogP contribution in [0.15, 0.2) is 0 Å². The zero-order valence-corrected chi connectivity index (χ0v) is 16.1. The Labute approximate surface area is 150 Å². The van der Waals surface area contributed by atoms with Gasteiger partial charge < -0.3 is 5.32 Å². The van der Waals surface area contributed by atoms with Crippen LogP contribution < -0.4 is 5.32 Å². The average molecular weight is 332 g/mol. The SMILES string of the molecule is CC1CCC2CCC(C3CCC4CCCCCCCCC43)CC2N1. The summed E-state index contributed by atoms with van der Waals surface area (Å²) in [6.07, 6.45) is 22.9. The summed E-state index contributed by atoms with van der Waals surface area (Å²) in [5.41, 5.74) is 0. The highest BCUT2D eigenvalue weighted by molar-refractivity contribution is 4.96. The number of rotatable bonds is 1. The van der Waals surface area contributed by atoms with Crippen LogP contribution in [0.3, 0.4) is 0 Å². The van der Waals surface area contributed by atoms with Gasteiger partial charge in [-0.3, -0.25) is 0 Å². The minimum Gasteiger partial charge on any atom is -0.311 e. The summed E-state index contributed by atoms with van der Waals surface area (Å²) in [6, 6.07) is 1.64. The lowest BCUT2D eigenvalue weighted by Crippen LogP contribution is -2.50. The number of hydrogen-bond acceptors (Lipinski definition) is 1. The predicted molar refractivity (Wildman–Crippen MR) is 103 cm³/mol. The molecule has 7 unspecified atom stereocenters. The summed E-state index contributed by atoms with van der Waals surface area (Å²) in [5, 5.41) is 3.98. The number of piperidine rings is 1. The lowest BCUT2D eigenvalue weighted by atomic mass is 9.66. The molecule has 0 spiro atoms. The second kappa shape index (κ2) is 8.11. The largest absolute Gasteiger partial charge is 0.311 e. The van der Waals surface area contributed by atoms with Crippen molar-refractivity contribution in [3.8, 4) is 0 Å². The fourth-order valence-electron chi connectivity index (χ4n) is 7.19. The normalized spacial score (nSPS) is 47.6. The second-order valence-corrected chi connectivity index (χ2v) is 9.95. The zero-order valence-electron chi connectivity index (χ0n) is 16.1. The van der Waals surface area contributed by atoms with Gasteiger partial charge in [0.2, 0.25) is 0 Å². The molecular formula is C23H41N. The second-order valence-electron chi connectivity index (χ2n) is 9.95.